The Morgan fingerprint density at radius 1 is 1.71 bits per heavy atom. The molecule has 0 heterocycles. The highest BCUT2D eigenvalue weighted by Crippen LogP contribution is 2.01. The van der Waals surface area contributed by atoms with Gasteiger partial charge in [-0.3, -0.25) is 4.84 Å². The molecule has 1 unspecified atom stereocenters. The molecule has 0 aromatic carbocycles. The predicted octanol–water partition coefficient (Wildman–Crippen LogP) is 0.337. The fraction of sp³-hybridized carbons (Fsp3) is 0.571. The van der Waals surface area contributed by atoms with Crippen LogP contribution in [0.15, 0.2) is 11.8 Å². The van der Waals surface area contributed by atoms with E-state index in [0.29, 0.717) is 0 Å². The van der Waals surface area contributed by atoms with Crippen LogP contribution in [0.2, 0.25) is 0 Å². The van der Waals surface area contributed by atoms with E-state index in [1.54, 1.807) is 6.92 Å². The molecule has 7 nitrogen and oxygen atoms in total. The Labute approximate surface area is 80.6 Å². The van der Waals surface area contributed by atoms with Crippen molar-refractivity contribution in [1.29, 1.82) is 0 Å². The van der Waals surface area contributed by atoms with Gasteiger partial charge in [0, 0.05) is 18.2 Å². The van der Waals surface area contributed by atoms with Crippen LogP contribution in [0.4, 0.5) is 0 Å². The van der Waals surface area contributed by atoms with Crippen molar-refractivity contribution in [3.8, 4) is 0 Å². The molecule has 0 bridgehead atoms. The van der Waals surface area contributed by atoms with Crippen molar-refractivity contribution in [2.45, 2.75) is 26.6 Å². The Kier molecular flexibility index (Phi) is 5.05. The summed E-state index contributed by atoms with van der Waals surface area (Å²) in [5.74, 6) is -0.765. The van der Waals surface area contributed by atoms with Crippen molar-refractivity contribution < 1.29 is 19.5 Å². The number of rotatable bonds is 5. The molecule has 2 N–H and O–H groups in total. The third-order valence-electron chi connectivity index (χ3n) is 1.13. The quantitative estimate of drug-likeness (QED) is 0.227. The van der Waals surface area contributed by atoms with Gasteiger partial charge in [-0.05, 0) is 6.92 Å². The zero-order chi connectivity index (χ0) is 11.1. The Hall–Kier alpha value is -1.79. The zero-order valence-electron chi connectivity index (χ0n) is 7.93. The number of hydrogen-bond donors (Lipinski definition) is 1. The Balaban J connectivity index is 4.12. The van der Waals surface area contributed by atoms with Gasteiger partial charge in [-0.1, -0.05) is 6.92 Å². The summed E-state index contributed by atoms with van der Waals surface area (Å²) < 4.78 is 4.56. The molecule has 0 saturated heterocycles. The molecule has 0 radical (unpaired) electrons. The summed E-state index contributed by atoms with van der Waals surface area (Å²) in [5.41, 5.74) is 5.45. The van der Waals surface area contributed by atoms with Crippen LogP contribution in [0.1, 0.15) is 20.3 Å². The van der Waals surface area contributed by atoms with Gasteiger partial charge in [0.25, 0.3) is 5.09 Å². The highest BCUT2D eigenvalue weighted by atomic mass is 17.0. The molecule has 0 aliphatic carbocycles. The number of carbonyl (C=O) groups excluding carboxylic acids is 1. The third kappa shape index (κ3) is 5.81. The van der Waals surface area contributed by atoms with E-state index in [4.69, 9.17) is 5.73 Å². The van der Waals surface area contributed by atoms with Crippen molar-refractivity contribution in [2.75, 3.05) is 0 Å². The second kappa shape index (κ2) is 5.79. The van der Waals surface area contributed by atoms with Crippen LogP contribution < -0.4 is 5.73 Å². The van der Waals surface area contributed by atoms with Crippen molar-refractivity contribution in [2.24, 2.45) is 5.73 Å². The van der Waals surface area contributed by atoms with Gasteiger partial charge < -0.3 is 10.5 Å². The van der Waals surface area contributed by atoms with Crippen LogP contribution in [0.3, 0.4) is 0 Å². The molecule has 7 heteroatoms. The number of ether oxygens (including phenoxy) is 1. The normalized spacial score (nSPS) is 13.1. The van der Waals surface area contributed by atoms with E-state index in [1.807, 2.05) is 0 Å². The summed E-state index contributed by atoms with van der Waals surface area (Å²) in [7, 11) is 0. The van der Waals surface area contributed by atoms with Gasteiger partial charge in [0.05, 0.1) is 0 Å². The van der Waals surface area contributed by atoms with Gasteiger partial charge in [-0.2, -0.15) is 0 Å². The lowest BCUT2D eigenvalue weighted by Crippen LogP contribution is -2.22. The number of hydrogen-bond acceptors (Lipinski definition) is 6. The van der Waals surface area contributed by atoms with Gasteiger partial charge in [0.1, 0.15) is 0 Å². The highest BCUT2D eigenvalue weighted by molar-refractivity contribution is 5.82. The second-order valence-electron chi connectivity index (χ2n) is 2.49. The van der Waals surface area contributed by atoms with Crippen LogP contribution in [-0.4, -0.2) is 17.3 Å². The number of esters is 1. The van der Waals surface area contributed by atoms with Crippen LogP contribution in [-0.2, 0) is 14.4 Å². The second-order valence-corrected chi connectivity index (χ2v) is 2.49. The monoisotopic (exact) mass is 204 g/mol. The first-order chi connectivity index (χ1) is 6.45. The van der Waals surface area contributed by atoms with E-state index in [1.165, 1.54) is 6.92 Å². The lowest BCUT2D eigenvalue weighted by Gasteiger charge is -2.11. The molecule has 0 fully saturated rings. The van der Waals surface area contributed by atoms with E-state index in [2.05, 4.69) is 9.57 Å². The minimum Gasteiger partial charge on any atom is -0.432 e. The van der Waals surface area contributed by atoms with Crippen LogP contribution in [0.5, 0.6) is 0 Å². The molecule has 0 saturated carbocycles. The molecule has 0 aliphatic heterocycles. The van der Waals surface area contributed by atoms with E-state index in [-0.39, 0.29) is 12.1 Å². The van der Waals surface area contributed by atoms with Gasteiger partial charge in [-0.25, -0.2) is 4.79 Å². The zero-order valence-corrected chi connectivity index (χ0v) is 7.93. The summed E-state index contributed by atoms with van der Waals surface area (Å²) in [5, 5.41) is 8.91. The lowest BCUT2D eigenvalue weighted by molar-refractivity contribution is -0.779. The first-order valence-corrected chi connectivity index (χ1v) is 3.91. The van der Waals surface area contributed by atoms with E-state index in [9.17, 15) is 14.9 Å². The van der Waals surface area contributed by atoms with Crippen LogP contribution >= 0.6 is 0 Å². The first-order valence-electron chi connectivity index (χ1n) is 3.91. The van der Waals surface area contributed by atoms with E-state index < -0.39 is 17.3 Å². The largest absolute Gasteiger partial charge is 0.432 e. The van der Waals surface area contributed by atoms with Crippen molar-refractivity contribution in [1.82, 2.24) is 0 Å². The lowest BCUT2D eigenvalue weighted by atomic mass is 10.4. The molecule has 0 amide bonds. The first kappa shape index (κ1) is 12.2. The average Bonchev–Trinajstić information content (AvgIpc) is 2.00. The average molecular weight is 204 g/mol. The van der Waals surface area contributed by atoms with Crippen LogP contribution in [0.25, 0.3) is 0 Å². The Bertz CT molecular complexity index is 246. The SMILES string of the molecule is CCC(OC(=O)/C=C(/C)N)O[N+](=O)[O-]. The minimum atomic E-state index is -1.19. The van der Waals surface area contributed by atoms with Crippen molar-refractivity contribution >= 4 is 5.97 Å². The van der Waals surface area contributed by atoms with Crippen molar-refractivity contribution in [3.05, 3.63) is 21.9 Å². The minimum absolute atomic E-state index is 0.185. The highest BCUT2D eigenvalue weighted by Gasteiger charge is 2.14. The van der Waals surface area contributed by atoms with Crippen LogP contribution in [0, 0.1) is 10.1 Å². The maximum atomic E-state index is 10.9. The Morgan fingerprint density at radius 2 is 2.29 bits per heavy atom. The summed E-state index contributed by atoms with van der Waals surface area (Å²) in [4.78, 5) is 24.9. The summed E-state index contributed by atoms with van der Waals surface area (Å²) in [6, 6.07) is 0. The molecule has 80 valence electrons. The smallest absolute Gasteiger partial charge is 0.334 e. The Morgan fingerprint density at radius 3 is 2.64 bits per heavy atom. The van der Waals surface area contributed by atoms with E-state index in [0.717, 1.165) is 6.08 Å². The molecule has 1 atom stereocenters. The standard InChI is InChI=1S/C7H12N2O5/c1-3-7(14-9(11)12)13-6(10)4-5(2)8/h4,7H,3,8H2,1-2H3/b5-4-. The fourth-order valence-electron chi connectivity index (χ4n) is 0.625. The fourth-order valence-corrected chi connectivity index (χ4v) is 0.625. The number of carbonyl (C=O) groups is 1. The van der Waals surface area contributed by atoms with Gasteiger partial charge in [-0.15, -0.1) is 10.1 Å². The number of nitrogens with two attached hydrogens (primary N) is 1. The third-order valence-corrected chi connectivity index (χ3v) is 1.13. The van der Waals surface area contributed by atoms with Crippen molar-refractivity contribution in [3.63, 3.8) is 0 Å². The maximum absolute atomic E-state index is 10.9. The topological polar surface area (TPSA) is 105 Å². The molecule has 0 rings (SSSR count). The molecule has 0 aliphatic rings. The van der Waals surface area contributed by atoms with Gasteiger partial charge in [0.15, 0.2) is 0 Å². The number of nitrogens with zero attached hydrogens (tertiary/aromatic N) is 1. The van der Waals surface area contributed by atoms with Gasteiger partial charge in [0.2, 0.25) is 6.29 Å². The van der Waals surface area contributed by atoms with Gasteiger partial charge >= 0.3 is 5.97 Å². The number of allylic oxidation sites excluding steroid dienone is 1. The maximum Gasteiger partial charge on any atom is 0.334 e. The molecule has 14 heavy (non-hydrogen) atoms. The molecule has 0 aromatic heterocycles. The van der Waals surface area contributed by atoms with E-state index >= 15 is 0 Å². The molecular formula is C7H12N2O5. The molecule has 0 spiro atoms. The summed E-state index contributed by atoms with van der Waals surface area (Å²) in [6.07, 6.45) is 0.0176. The summed E-state index contributed by atoms with van der Waals surface area (Å²) in [6.45, 7) is 3.08. The molecule has 0 aromatic rings. The summed E-state index contributed by atoms with van der Waals surface area (Å²) >= 11 is 0. The predicted molar refractivity (Wildman–Crippen MR) is 46.2 cm³/mol. The molecular weight excluding hydrogens is 192 g/mol.